The first kappa shape index (κ1) is 16.0. The van der Waals surface area contributed by atoms with Crippen LogP contribution in [0, 0.1) is 0 Å². The maximum atomic E-state index is 11.8. The van der Waals surface area contributed by atoms with Gasteiger partial charge in [-0.2, -0.15) is 0 Å². The number of nitrogens with one attached hydrogen (secondary N) is 2. The summed E-state index contributed by atoms with van der Waals surface area (Å²) in [7, 11) is 0. The van der Waals surface area contributed by atoms with Gasteiger partial charge in [0, 0.05) is 60.3 Å². The molecule has 128 valence electrons. The first-order valence-electron chi connectivity index (χ1n) is 8.73. The number of aromatic nitrogens is 1. The second-order valence-corrected chi connectivity index (χ2v) is 7.67. The number of hydrogen-bond acceptors (Lipinski definition) is 2. The zero-order chi connectivity index (χ0) is 16.5. The molecule has 0 atom stereocenters. The Hall–Kier alpha value is -1.53. The summed E-state index contributed by atoms with van der Waals surface area (Å²) in [5.41, 5.74) is 2.58. The van der Waals surface area contributed by atoms with Crippen LogP contribution in [0.15, 0.2) is 28.9 Å². The third-order valence-electron chi connectivity index (χ3n) is 5.31. The minimum absolute atomic E-state index is 0.123. The number of piperidine rings is 1. The van der Waals surface area contributed by atoms with Gasteiger partial charge in [-0.15, -0.1) is 0 Å². The van der Waals surface area contributed by atoms with Gasteiger partial charge in [0.2, 0.25) is 0 Å². The molecular formula is C18H23BrN4O. The molecule has 0 spiro atoms. The second kappa shape index (κ2) is 6.76. The minimum atomic E-state index is 0.123. The quantitative estimate of drug-likeness (QED) is 0.842. The average molecular weight is 391 g/mol. The first-order chi connectivity index (χ1) is 11.7. The zero-order valence-electron chi connectivity index (χ0n) is 13.7. The molecule has 2 aromatic rings. The highest BCUT2D eigenvalue weighted by atomic mass is 79.9. The van der Waals surface area contributed by atoms with Crippen molar-refractivity contribution in [3.8, 4) is 0 Å². The number of carbonyl (C=O) groups is 1. The Labute approximate surface area is 150 Å². The molecule has 2 N–H and O–H groups in total. The van der Waals surface area contributed by atoms with Gasteiger partial charge in [0.1, 0.15) is 0 Å². The van der Waals surface area contributed by atoms with Crippen LogP contribution < -0.4 is 5.32 Å². The molecule has 0 radical (unpaired) electrons. The molecule has 6 heteroatoms. The van der Waals surface area contributed by atoms with Gasteiger partial charge in [-0.3, -0.25) is 0 Å². The smallest absolute Gasteiger partial charge is 0.317 e. The molecule has 1 aromatic carbocycles. The fourth-order valence-corrected chi connectivity index (χ4v) is 4.29. The van der Waals surface area contributed by atoms with E-state index in [2.05, 4.69) is 55.5 Å². The molecule has 0 bridgehead atoms. The molecule has 2 amide bonds. The Morgan fingerprint density at radius 3 is 2.79 bits per heavy atom. The van der Waals surface area contributed by atoms with Gasteiger partial charge >= 0.3 is 6.03 Å². The summed E-state index contributed by atoms with van der Waals surface area (Å²) in [4.78, 5) is 19.7. The molecule has 24 heavy (non-hydrogen) atoms. The normalized spacial score (nSPS) is 20.0. The average Bonchev–Trinajstić information content (AvgIpc) is 3.19. The van der Waals surface area contributed by atoms with Crippen molar-refractivity contribution < 1.29 is 4.79 Å². The molecule has 0 saturated carbocycles. The van der Waals surface area contributed by atoms with E-state index >= 15 is 0 Å². The van der Waals surface area contributed by atoms with Gasteiger partial charge in [0.05, 0.1) is 0 Å². The number of rotatable bonds is 4. The van der Waals surface area contributed by atoms with Crippen molar-refractivity contribution in [2.75, 3.05) is 32.7 Å². The van der Waals surface area contributed by atoms with Crippen molar-refractivity contribution >= 4 is 32.9 Å². The van der Waals surface area contributed by atoms with Crippen molar-refractivity contribution in [1.82, 2.24) is 20.1 Å². The number of hydrogen-bond donors (Lipinski definition) is 2. The maximum absolute atomic E-state index is 11.8. The number of fused-ring (bicyclic) bond motifs is 1. The number of halogens is 1. The number of nitrogens with zero attached hydrogens (tertiary/aromatic N) is 2. The number of amides is 2. The number of urea groups is 1. The summed E-state index contributed by atoms with van der Waals surface area (Å²) in [6.07, 6.45) is 5.38. The van der Waals surface area contributed by atoms with Crippen molar-refractivity contribution in [2.45, 2.75) is 25.3 Å². The van der Waals surface area contributed by atoms with E-state index < -0.39 is 0 Å². The molecule has 2 aliphatic rings. The maximum Gasteiger partial charge on any atom is 0.317 e. The molecule has 2 saturated heterocycles. The van der Waals surface area contributed by atoms with Crippen LogP contribution in [0.2, 0.25) is 0 Å². The van der Waals surface area contributed by atoms with Crippen LogP contribution in [-0.4, -0.2) is 59.6 Å². The lowest BCUT2D eigenvalue weighted by Crippen LogP contribution is -2.46. The number of benzene rings is 1. The van der Waals surface area contributed by atoms with Crippen LogP contribution >= 0.6 is 15.9 Å². The summed E-state index contributed by atoms with van der Waals surface area (Å²) in [6.45, 7) is 4.92. The monoisotopic (exact) mass is 390 g/mol. The molecular weight excluding hydrogens is 368 g/mol. The highest BCUT2D eigenvalue weighted by molar-refractivity contribution is 9.10. The predicted octanol–water partition coefficient (Wildman–Crippen LogP) is 2.96. The summed E-state index contributed by atoms with van der Waals surface area (Å²) in [5.74, 6) is 0. The lowest BCUT2D eigenvalue weighted by molar-refractivity contribution is 0.137. The fraction of sp³-hybridized carbons (Fsp3) is 0.500. The van der Waals surface area contributed by atoms with Crippen LogP contribution in [0.25, 0.3) is 10.9 Å². The summed E-state index contributed by atoms with van der Waals surface area (Å²) in [6, 6.07) is 6.93. The molecule has 0 aliphatic carbocycles. The molecule has 5 nitrogen and oxygen atoms in total. The van der Waals surface area contributed by atoms with Gasteiger partial charge in [0.15, 0.2) is 0 Å². The number of carbonyl (C=O) groups excluding carboxylic acids is 1. The standard InChI is InChI=1S/C18H23BrN4O/c19-14-1-2-17-16(11-14)13(12-21-17)3-7-22-8-4-15(5-9-22)23-10-6-20-18(23)24/h1-2,11-12,15,21H,3-10H2,(H,20,24). The molecule has 1 aromatic heterocycles. The summed E-state index contributed by atoms with van der Waals surface area (Å²) < 4.78 is 1.13. The largest absolute Gasteiger partial charge is 0.361 e. The predicted molar refractivity (Wildman–Crippen MR) is 99.3 cm³/mol. The van der Waals surface area contributed by atoms with Crippen molar-refractivity contribution in [3.63, 3.8) is 0 Å². The van der Waals surface area contributed by atoms with Gasteiger partial charge in [-0.1, -0.05) is 15.9 Å². The third-order valence-corrected chi connectivity index (χ3v) is 5.81. The Bertz CT molecular complexity index is 736. The second-order valence-electron chi connectivity index (χ2n) is 6.75. The van der Waals surface area contributed by atoms with E-state index in [4.69, 9.17) is 0 Å². The summed E-state index contributed by atoms with van der Waals surface area (Å²) in [5, 5.41) is 4.22. The Morgan fingerprint density at radius 2 is 2.04 bits per heavy atom. The fourth-order valence-electron chi connectivity index (χ4n) is 3.93. The number of H-pyrrole nitrogens is 1. The van der Waals surface area contributed by atoms with Gasteiger partial charge in [-0.05, 0) is 43.0 Å². The Kier molecular flexibility index (Phi) is 4.50. The molecule has 2 fully saturated rings. The highest BCUT2D eigenvalue weighted by Crippen LogP contribution is 2.24. The molecule has 2 aliphatic heterocycles. The molecule has 4 rings (SSSR count). The topological polar surface area (TPSA) is 51.4 Å². The lowest BCUT2D eigenvalue weighted by Gasteiger charge is -2.36. The Morgan fingerprint density at radius 1 is 1.21 bits per heavy atom. The Balaban J connectivity index is 1.32. The third kappa shape index (κ3) is 3.17. The van der Waals surface area contributed by atoms with Crippen LogP contribution in [-0.2, 0) is 6.42 Å². The van der Waals surface area contributed by atoms with Crippen LogP contribution in [0.1, 0.15) is 18.4 Å². The van der Waals surface area contributed by atoms with E-state index in [-0.39, 0.29) is 6.03 Å². The van der Waals surface area contributed by atoms with Crippen molar-refractivity contribution in [3.05, 3.63) is 34.4 Å². The van der Waals surface area contributed by atoms with Crippen molar-refractivity contribution in [1.29, 1.82) is 0 Å². The first-order valence-corrected chi connectivity index (χ1v) is 9.52. The molecule has 0 unspecified atom stereocenters. The van der Waals surface area contributed by atoms with E-state index in [9.17, 15) is 4.79 Å². The van der Waals surface area contributed by atoms with Crippen LogP contribution in [0.5, 0.6) is 0 Å². The molecule has 3 heterocycles. The van der Waals surface area contributed by atoms with E-state index in [0.29, 0.717) is 6.04 Å². The van der Waals surface area contributed by atoms with Crippen LogP contribution in [0.4, 0.5) is 4.79 Å². The van der Waals surface area contributed by atoms with Gasteiger partial charge in [0.25, 0.3) is 0 Å². The van der Waals surface area contributed by atoms with E-state index in [1.54, 1.807) is 0 Å². The summed E-state index contributed by atoms with van der Waals surface area (Å²) >= 11 is 3.56. The highest BCUT2D eigenvalue weighted by Gasteiger charge is 2.30. The van der Waals surface area contributed by atoms with Crippen molar-refractivity contribution in [2.24, 2.45) is 0 Å². The number of aromatic amines is 1. The van der Waals surface area contributed by atoms with E-state index in [1.807, 2.05) is 4.90 Å². The van der Waals surface area contributed by atoms with E-state index in [1.165, 1.54) is 16.5 Å². The van der Waals surface area contributed by atoms with Gasteiger partial charge < -0.3 is 20.1 Å². The van der Waals surface area contributed by atoms with Gasteiger partial charge in [-0.25, -0.2) is 4.79 Å². The van der Waals surface area contributed by atoms with Crippen LogP contribution in [0.3, 0.4) is 0 Å². The number of likely N-dealkylation sites (tertiary alicyclic amines) is 1. The zero-order valence-corrected chi connectivity index (χ0v) is 15.3. The van der Waals surface area contributed by atoms with E-state index in [0.717, 1.165) is 56.5 Å². The minimum Gasteiger partial charge on any atom is -0.361 e. The SMILES string of the molecule is O=C1NCCN1C1CCN(CCc2c[nH]c3ccc(Br)cc23)CC1. The lowest BCUT2D eigenvalue weighted by atomic mass is 10.0.